The maximum Gasteiger partial charge on any atom is 0.356 e. The zero-order valence-corrected chi connectivity index (χ0v) is 4.14. The van der Waals surface area contributed by atoms with E-state index in [1.807, 2.05) is 0 Å². The molecular weight excluding hydrogens is 107 g/mol. The Labute approximate surface area is 46.9 Å². The lowest BCUT2D eigenvalue weighted by atomic mass is 10.1. The second-order valence-electron chi connectivity index (χ2n) is 1.42. The number of rotatable bonds is 0. The third kappa shape index (κ3) is 0.929. The van der Waals surface area contributed by atoms with Gasteiger partial charge in [-0.25, -0.2) is 0 Å². The summed E-state index contributed by atoms with van der Waals surface area (Å²) in [6.07, 6.45) is 1.09. The number of nitrogens with one attached hydrogen (secondary N) is 2. The van der Waals surface area contributed by atoms with E-state index in [9.17, 15) is 4.79 Å². The molecule has 1 amide bonds. The van der Waals surface area contributed by atoms with Crippen LogP contribution in [-0.4, -0.2) is 18.6 Å². The first-order valence-electron chi connectivity index (χ1n) is 2.21. The van der Waals surface area contributed by atoms with Crippen LogP contribution in [0.15, 0.2) is 12.0 Å². The van der Waals surface area contributed by atoms with Gasteiger partial charge < -0.3 is 15.6 Å². The van der Waals surface area contributed by atoms with Crippen molar-refractivity contribution in [1.29, 1.82) is 0 Å². The minimum Gasteiger partial charge on any atom is -0.495 e. The molecule has 1 rings (SSSR count). The highest BCUT2D eigenvalue weighted by Gasteiger charge is 2.05. The molecule has 4 nitrogen and oxygen atoms in total. The van der Waals surface area contributed by atoms with Gasteiger partial charge in [-0.15, -0.1) is 0 Å². The van der Waals surface area contributed by atoms with Crippen LogP contribution in [0.5, 0.6) is 0 Å². The Morgan fingerprint density at radius 2 is 2.38 bits per heavy atom. The minimum atomic E-state index is -0.263. The number of aliphatic hydroxyl groups is 1. The molecule has 0 aliphatic carbocycles. The average molecular weight is 112 g/mol. The topological polar surface area (TPSA) is 61.4 Å². The molecule has 1 aliphatic rings. The van der Waals surface area contributed by atoms with Crippen LogP contribution >= 0.6 is 0 Å². The molecular formula is C3H5BN2O2. The second kappa shape index (κ2) is 1.77. The van der Waals surface area contributed by atoms with Crippen LogP contribution in [0.25, 0.3) is 0 Å². The molecule has 0 saturated heterocycles. The van der Waals surface area contributed by atoms with Crippen molar-refractivity contribution in [2.24, 2.45) is 0 Å². The summed E-state index contributed by atoms with van der Waals surface area (Å²) >= 11 is 0. The third-order valence-corrected chi connectivity index (χ3v) is 0.800. The molecule has 0 aromatic rings. The lowest BCUT2D eigenvalue weighted by molar-refractivity contribution is -0.115. The molecule has 3 N–H and O–H groups in total. The highest BCUT2D eigenvalue weighted by atomic mass is 16.3. The Morgan fingerprint density at radius 1 is 1.62 bits per heavy atom. The Kier molecular flexibility index (Phi) is 1.11. The number of carbonyl (C=O) groups excluding carboxylic acids is 1. The van der Waals surface area contributed by atoms with E-state index in [0.29, 0.717) is 7.55 Å². The van der Waals surface area contributed by atoms with Crippen LogP contribution in [0.3, 0.4) is 0 Å². The van der Waals surface area contributed by atoms with Gasteiger partial charge in [0.1, 0.15) is 0 Å². The summed E-state index contributed by atoms with van der Waals surface area (Å²) < 4.78 is 0. The van der Waals surface area contributed by atoms with E-state index in [1.165, 1.54) is 0 Å². The van der Waals surface area contributed by atoms with Gasteiger partial charge in [0.15, 0.2) is 5.88 Å². The lowest BCUT2D eigenvalue weighted by Gasteiger charge is -2.08. The molecule has 0 radical (unpaired) electrons. The van der Waals surface area contributed by atoms with E-state index in [-0.39, 0.29) is 11.8 Å². The first-order chi connectivity index (χ1) is 3.79. The van der Waals surface area contributed by atoms with Crippen molar-refractivity contribution in [3.05, 3.63) is 12.0 Å². The highest BCUT2D eigenvalue weighted by Crippen LogP contribution is 1.83. The Morgan fingerprint density at radius 3 is 2.75 bits per heavy atom. The van der Waals surface area contributed by atoms with E-state index in [0.717, 1.165) is 6.08 Å². The van der Waals surface area contributed by atoms with Gasteiger partial charge >= 0.3 is 7.55 Å². The maximum absolute atomic E-state index is 10.3. The summed E-state index contributed by atoms with van der Waals surface area (Å²) in [5, 5.41) is 13.5. The molecule has 0 unspecified atom stereocenters. The molecule has 0 bridgehead atoms. The largest absolute Gasteiger partial charge is 0.495 e. The van der Waals surface area contributed by atoms with Crippen LogP contribution in [0.2, 0.25) is 0 Å². The van der Waals surface area contributed by atoms with E-state index < -0.39 is 0 Å². The fourth-order valence-corrected chi connectivity index (χ4v) is 0.448. The lowest BCUT2D eigenvalue weighted by Crippen LogP contribution is -2.41. The van der Waals surface area contributed by atoms with Crippen molar-refractivity contribution in [3.63, 3.8) is 0 Å². The summed E-state index contributed by atoms with van der Waals surface area (Å²) in [6, 6.07) is 0. The smallest absolute Gasteiger partial charge is 0.356 e. The van der Waals surface area contributed by atoms with E-state index >= 15 is 0 Å². The number of carbonyl (C=O) groups is 1. The molecule has 0 fully saturated rings. The van der Waals surface area contributed by atoms with Crippen molar-refractivity contribution in [2.75, 3.05) is 0 Å². The predicted octanol–water partition coefficient (Wildman–Crippen LogP) is -1.63. The van der Waals surface area contributed by atoms with Crippen molar-refractivity contribution >= 4 is 13.5 Å². The Bertz CT molecular complexity index is 144. The van der Waals surface area contributed by atoms with Crippen LogP contribution in [0, 0.1) is 0 Å². The predicted molar refractivity (Wildman–Crippen MR) is 29.1 cm³/mol. The number of hydrogen-bond donors (Lipinski definition) is 3. The van der Waals surface area contributed by atoms with E-state index in [1.54, 1.807) is 0 Å². The normalized spacial score (nSPS) is 17.5. The van der Waals surface area contributed by atoms with Crippen molar-refractivity contribution in [3.8, 4) is 0 Å². The first-order valence-corrected chi connectivity index (χ1v) is 2.21. The molecule has 0 saturated carbocycles. The average Bonchev–Trinajstić information content (AvgIpc) is 1.64. The van der Waals surface area contributed by atoms with Gasteiger partial charge in [0.05, 0.1) is 6.08 Å². The quantitative estimate of drug-likeness (QED) is 0.329. The molecule has 0 atom stereocenters. The summed E-state index contributed by atoms with van der Waals surface area (Å²) in [6.45, 7) is 0. The SMILES string of the molecule is O=C1C=C(O)NBN1. The number of hydrogen-bond acceptors (Lipinski definition) is 3. The number of aliphatic hydroxyl groups excluding tert-OH is 1. The van der Waals surface area contributed by atoms with Crippen LogP contribution in [-0.2, 0) is 4.79 Å². The molecule has 1 aliphatic heterocycles. The highest BCUT2D eigenvalue weighted by molar-refractivity contribution is 6.36. The fourth-order valence-electron chi connectivity index (χ4n) is 0.448. The Balaban J connectivity index is 2.64. The second-order valence-corrected chi connectivity index (χ2v) is 1.42. The van der Waals surface area contributed by atoms with Gasteiger partial charge in [0.2, 0.25) is 5.91 Å². The molecule has 8 heavy (non-hydrogen) atoms. The molecule has 5 heteroatoms. The van der Waals surface area contributed by atoms with E-state index in [4.69, 9.17) is 5.11 Å². The van der Waals surface area contributed by atoms with Crippen LogP contribution in [0.1, 0.15) is 0 Å². The van der Waals surface area contributed by atoms with Crippen molar-refractivity contribution < 1.29 is 9.90 Å². The van der Waals surface area contributed by atoms with E-state index in [2.05, 4.69) is 10.5 Å². The maximum atomic E-state index is 10.3. The summed E-state index contributed by atoms with van der Waals surface area (Å²) in [5.74, 6) is -0.338. The standard InChI is InChI=1S/C3H5BN2O2/c7-2-1-3(8)6-4-5-2/h1,4-5,7H,(H,6,8). The van der Waals surface area contributed by atoms with Gasteiger partial charge in [-0.3, -0.25) is 4.79 Å². The molecule has 42 valence electrons. The fraction of sp³-hybridized carbons (Fsp3) is 0. The van der Waals surface area contributed by atoms with Crippen molar-refractivity contribution in [2.45, 2.75) is 0 Å². The molecule has 0 aromatic heterocycles. The summed E-state index contributed by atoms with van der Waals surface area (Å²) in [5.41, 5.74) is 0. The van der Waals surface area contributed by atoms with Crippen molar-refractivity contribution in [1.82, 2.24) is 10.5 Å². The zero-order valence-electron chi connectivity index (χ0n) is 4.14. The minimum absolute atomic E-state index is 0.0752. The van der Waals surface area contributed by atoms with Gasteiger partial charge in [-0.05, 0) is 0 Å². The molecule has 1 heterocycles. The van der Waals surface area contributed by atoms with Gasteiger partial charge in [0, 0.05) is 0 Å². The van der Waals surface area contributed by atoms with Crippen LogP contribution in [0.4, 0.5) is 0 Å². The number of amides is 1. The Hall–Kier alpha value is -1.13. The molecule has 0 spiro atoms. The van der Waals surface area contributed by atoms with Gasteiger partial charge in [0.25, 0.3) is 0 Å². The third-order valence-electron chi connectivity index (χ3n) is 0.800. The van der Waals surface area contributed by atoms with Crippen LogP contribution < -0.4 is 10.5 Å². The zero-order chi connectivity index (χ0) is 5.98. The monoisotopic (exact) mass is 112 g/mol. The summed E-state index contributed by atoms with van der Waals surface area (Å²) in [7, 11) is 0.307. The van der Waals surface area contributed by atoms with Gasteiger partial charge in [-0.2, -0.15) is 0 Å². The molecule has 0 aromatic carbocycles. The van der Waals surface area contributed by atoms with Gasteiger partial charge in [-0.1, -0.05) is 0 Å². The summed E-state index contributed by atoms with van der Waals surface area (Å²) in [4.78, 5) is 10.3. The first kappa shape index (κ1) is 5.02.